The van der Waals surface area contributed by atoms with Gasteiger partial charge in [-0.15, -0.1) is 0 Å². The van der Waals surface area contributed by atoms with Gasteiger partial charge in [0, 0.05) is 16.2 Å². The minimum Gasteiger partial charge on any atom is -0.287 e. The van der Waals surface area contributed by atoms with E-state index in [0.717, 1.165) is 10.5 Å². The molecule has 0 fully saturated rings. The second-order valence-corrected chi connectivity index (χ2v) is 4.54. The van der Waals surface area contributed by atoms with Gasteiger partial charge < -0.3 is 0 Å². The Morgan fingerprint density at radius 2 is 1.78 bits per heavy atom. The molecule has 0 spiro atoms. The number of pyridine rings is 1. The summed E-state index contributed by atoms with van der Waals surface area (Å²) in [6.45, 7) is 0. The normalized spacial score (nSPS) is 11.3. The van der Waals surface area contributed by atoms with Crippen molar-refractivity contribution in [3.05, 3.63) is 64.4 Å². The second kappa shape index (κ2) is 4.94. The van der Waals surface area contributed by atoms with Gasteiger partial charge in [0.2, 0.25) is 5.78 Å². The highest BCUT2D eigenvalue weighted by molar-refractivity contribution is 9.10. The van der Waals surface area contributed by atoms with Crippen molar-refractivity contribution in [2.45, 2.75) is 5.92 Å². The number of halogens is 3. The zero-order chi connectivity index (χ0) is 13.2. The van der Waals surface area contributed by atoms with Crippen LogP contribution in [-0.2, 0) is 5.92 Å². The Labute approximate surface area is 111 Å². The van der Waals surface area contributed by atoms with E-state index in [1.807, 2.05) is 0 Å². The first-order valence-electron chi connectivity index (χ1n) is 5.11. The van der Waals surface area contributed by atoms with Crippen molar-refractivity contribution in [2.75, 3.05) is 0 Å². The van der Waals surface area contributed by atoms with E-state index in [1.165, 1.54) is 30.5 Å². The molecule has 1 heterocycles. The van der Waals surface area contributed by atoms with Gasteiger partial charge in [-0.3, -0.25) is 9.78 Å². The lowest BCUT2D eigenvalue weighted by Gasteiger charge is -2.14. The van der Waals surface area contributed by atoms with Crippen molar-refractivity contribution < 1.29 is 13.6 Å². The Balaban J connectivity index is 2.36. The van der Waals surface area contributed by atoms with Crippen LogP contribution in [0.1, 0.15) is 16.1 Å². The van der Waals surface area contributed by atoms with Crippen LogP contribution in [0.2, 0.25) is 0 Å². The van der Waals surface area contributed by atoms with Crippen molar-refractivity contribution in [1.82, 2.24) is 4.98 Å². The summed E-state index contributed by atoms with van der Waals surface area (Å²) >= 11 is 3.18. The van der Waals surface area contributed by atoms with Crippen LogP contribution in [0, 0.1) is 0 Å². The molecule has 0 N–H and O–H groups in total. The summed E-state index contributed by atoms with van der Waals surface area (Å²) in [7, 11) is 0. The third-order valence-electron chi connectivity index (χ3n) is 2.38. The summed E-state index contributed by atoms with van der Waals surface area (Å²) in [5.74, 6) is -4.87. The molecule has 1 aromatic carbocycles. The number of rotatable bonds is 3. The molecule has 0 aliphatic rings. The van der Waals surface area contributed by atoms with Crippen LogP contribution in [0.5, 0.6) is 0 Å². The first kappa shape index (κ1) is 12.8. The molecule has 0 saturated heterocycles. The molecular weight excluding hydrogens is 304 g/mol. The maximum absolute atomic E-state index is 13.9. The third-order valence-corrected chi connectivity index (χ3v) is 2.91. The lowest BCUT2D eigenvalue weighted by Crippen LogP contribution is -2.27. The van der Waals surface area contributed by atoms with E-state index in [0.29, 0.717) is 0 Å². The highest BCUT2D eigenvalue weighted by Gasteiger charge is 2.42. The van der Waals surface area contributed by atoms with Crippen molar-refractivity contribution in [2.24, 2.45) is 0 Å². The van der Waals surface area contributed by atoms with E-state index in [-0.39, 0.29) is 5.56 Å². The molecule has 0 aliphatic heterocycles. The van der Waals surface area contributed by atoms with E-state index in [1.54, 1.807) is 12.1 Å². The first-order valence-corrected chi connectivity index (χ1v) is 5.91. The number of alkyl halides is 2. The molecule has 0 amide bonds. The van der Waals surface area contributed by atoms with Gasteiger partial charge in [0.15, 0.2) is 0 Å². The lowest BCUT2D eigenvalue weighted by atomic mass is 10.0. The number of benzene rings is 1. The first-order chi connectivity index (χ1) is 8.51. The Bertz CT molecular complexity index is 555. The minimum absolute atomic E-state index is 0.0474. The van der Waals surface area contributed by atoms with Crippen LogP contribution in [0.4, 0.5) is 8.78 Å². The van der Waals surface area contributed by atoms with E-state index in [4.69, 9.17) is 0 Å². The van der Waals surface area contributed by atoms with E-state index in [9.17, 15) is 13.6 Å². The molecule has 1 aromatic heterocycles. The zero-order valence-corrected chi connectivity index (χ0v) is 10.7. The fourth-order valence-electron chi connectivity index (χ4n) is 1.45. The number of hydrogen-bond donors (Lipinski definition) is 0. The molecule has 2 aromatic rings. The topological polar surface area (TPSA) is 30.0 Å². The second-order valence-electron chi connectivity index (χ2n) is 3.63. The molecule has 0 aliphatic carbocycles. The van der Waals surface area contributed by atoms with E-state index in [2.05, 4.69) is 20.9 Å². The molecule has 0 unspecified atom stereocenters. The van der Waals surface area contributed by atoms with Crippen molar-refractivity contribution in [3.8, 4) is 0 Å². The number of carbonyl (C=O) groups excluding carboxylic acids is 1. The molecule has 2 rings (SSSR count). The monoisotopic (exact) mass is 311 g/mol. The molecule has 5 heteroatoms. The molecule has 0 bridgehead atoms. The molecule has 0 saturated carbocycles. The van der Waals surface area contributed by atoms with Gasteiger partial charge in [-0.05, 0) is 24.3 Å². The number of carbonyl (C=O) groups is 1. The van der Waals surface area contributed by atoms with Crippen LogP contribution >= 0.6 is 15.9 Å². The minimum atomic E-state index is -3.62. The average Bonchev–Trinajstić information content (AvgIpc) is 2.40. The van der Waals surface area contributed by atoms with Crippen LogP contribution in [0.25, 0.3) is 0 Å². The summed E-state index contributed by atoms with van der Waals surface area (Å²) in [6.07, 6.45) is 1.23. The Morgan fingerprint density at radius 3 is 2.33 bits per heavy atom. The van der Waals surface area contributed by atoms with Crippen molar-refractivity contribution in [3.63, 3.8) is 0 Å². The molecule has 92 valence electrons. The molecule has 0 atom stereocenters. The van der Waals surface area contributed by atoms with Gasteiger partial charge in [-0.25, -0.2) is 0 Å². The fourth-order valence-corrected chi connectivity index (χ4v) is 1.71. The summed E-state index contributed by atoms with van der Waals surface area (Å²) in [6, 6.07) is 9.86. The predicted molar refractivity (Wildman–Crippen MR) is 66.6 cm³/mol. The summed E-state index contributed by atoms with van der Waals surface area (Å²) in [5.41, 5.74) is -0.591. The SMILES string of the molecule is O=C(c1ccc(Br)cc1)C(F)(F)c1ccccn1. The standard InChI is InChI=1S/C13H8BrF2NO/c14-10-6-4-9(5-7-10)12(18)13(15,16)11-3-1-2-8-17-11/h1-8H. The number of hydrogen-bond acceptors (Lipinski definition) is 2. The van der Waals surface area contributed by atoms with Crippen LogP contribution < -0.4 is 0 Å². The van der Waals surface area contributed by atoms with E-state index >= 15 is 0 Å². The third kappa shape index (κ3) is 2.46. The smallest absolute Gasteiger partial charge is 0.287 e. The van der Waals surface area contributed by atoms with Crippen LogP contribution in [0.15, 0.2) is 53.1 Å². The van der Waals surface area contributed by atoms with Crippen molar-refractivity contribution in [1.29, 1.82) is 0 Å². The lowest BCUT2D eigenvalue weighted by molar-refractivity contribution is 0.00467. The van der Waals surface area contributed by atoms with Gasteiger partial charge >= 0.3 is 5.92 Å². The number of aromatic nitrogens is 1. The van der Waals surface area contributed by atoms with Gasteiger partial charge in [-0.1, -0.05) is 34.1 Å². The zero-order valence-electron chi connectivity index (χ0n) is 9.11. The summed E-state index contributed by atoms with van der Waals surface area (Å²) in [4.78, 5) is 15.3. The van der Waals surface area contributed by atoms with Gasteiger partial charge in [0.25, 0.3) is 0 Å². The predicted octanol–water partition coefficient (Wildman–Crippen LogP) is 3.82. The molecule has 0 radical (unpaired) electrons. The fraction of sp³-hybridized carbons (Fsp3) is 0.0769. The maximum Gasteiger partial charge on any atom is 0.351 e. The Kier molecular flexibility index (Phi) is 3.52. The highest BCUT2D eigenvalue weighted by Crippen LogP contribution is 2.30. The number of ketones is 1. The van der Waals surface area contributed by atoms with Crippen molar-refractivity contribution >= 4 is 21.7 Å². The van der Waals surface area contributed by atoms with E-state index < -0.39 is 17.4 Å². The average molecular weight is 312 g/mol. The van der Waals surface area contributed by atoms with Gasteiger partial charge in [0.05, 0.1) is 0 Å². The van der Waals surface area contributed by atoms with Crippen LogP contribution in [0.3, 0.4) is 0 Å². The highest BCUT2D eigenvalue weighted by atomic mass is 79.9. The number of Topliss-reactive ketones (excluding diaryl/α,β-unsaturated/α-hetero) is 1. The van der Waals surface area contributed by atoms with Gasteiger partial charge in [0.1, 0.15) is 5.69 Å². The summed E-state index contributed by atoms with van der Waals surface area (Å²) in [5, 5.41) is 0. The number of nitrogens with zero attached hydrogens (tertiary/aromatic N) is 1. The summed E-state index contributed by atoms with van der Waals surface area (Å²) < 4.78 is 28.5. The largest absolute Gasteiger partial charge is 0.351 e. The van der Waals surface area contributed by atoms with Gasteiger partial charge in [-0.2, -0.15) is 8.78 Å². The molecule has 2 nitrogen and oxygen atoms in total. The van der Waals surface area contributed by atoms with Crippen LogP contribution in [-0.4, -0.2) is 10.8 Å². The maximum atomic E-state index is 13.9. The quantitative estimate of drug-likeness (QED) is 0.807. The molecule has 18 heavy (non-hydrogen) atoms. The molecular formula is C13H8BrF2NO. The Hall–Kier alpha value is -1.62. The Morgan fingerprint density at radius 1 is 1.11 bits per heavy atom.